The van der Waals surface area contributed by atoms with Crippen molar-refractivity contribution in [2.24, 2.45) is 0 Å². The third-order valence-corrected chi connectivity index (χ3v) is 2.07. The molecule has 10 heavy (non-hydrogen) atoms. The number of rotatable bonds is 1. The summed E-state index contributed by atoms with van der Waals surface area (Å²) in [6, 6.07) is 0. The van der Waals surface area contributed by atoms with Crippen LogP contribution in [0.25, 0.3) is 0 Å². The molecule has 2 nitrogen and oxygen atoms in total. The van der Waals surface area contributed by atoms with Crippen LogP contribution in [0.4, 0.5) is 4.39 Å². The van der Waals surface area contributed by atoms with E-state index in [1.807, 2.05) is 22.6 Å². The lowest BCUT2D eigenvalue weighted by atomic mass is 10.4. The molecule has 1 aromatic rings. The fourth-order valence-electron chi connectivity index (χ4n) is 0.544. The molecule has 4 heteroatoms. The molecule has 0 unspecified atom stereocenters. The molecule has 1 heterocycles. The normalized spacial score (nSPS) is 9.50. The summed E-state index contributed by atoms with van der Waals surface area (Å²) < 4.78 is 17.9. The van der Waals surface area contributed by atoms with E-state index in [0.717, 1.165) is 6.20 Å². The molecule has 0 aliphatic heterocycles. The fraction of sp³-hybridized carbons (Fsp3) is 0.167. The van der Waals surface area contributed by atoms with Crippen LogP contribution in [0.1, 0.15) is 0 Å². The number of pyridine rings is 1. The number of halogens is 2. The first-order valence-electron chi connectivity index (χ1n) is 2.58. The molecular weight excluding hydrogens is 248 g/mol. The van der Waals surface area contributed by atoms with Crippen molar-refractivity contribution in [1.82, 2.24) is 4.98 Å². The maximum absolute atomic E-state index is 12.6. The highest BCUT2D eigenvalue weighted by Crippen LogP contribution is 2.20. The molecule has 0 aliphatic carbocycles. The molecule has 0 saturated heterocycles. The van der Waals surface area contributed by atoms with E-state index in [0.29, 0.717) is 9.32 Å². The van der Waals surface area contributed by atoms with E-state index in [-0.39, 0.29) is 5.82 Å². The van der Waals surface area contributed by atoms with Gasteiger partial charge < -0.3 is 4.74 Å². The zero-order chi connectivity index (χ0) is 7.56. The lowest BCUT2D eigenvalue weighted by molar-refractivity contribution is 0.404. The van der Waals surface area contributed by atoms with Gasteiger partial charge in [-0.25, -0.2) is 4.39 Å². The Morgan fingerprint density at radius 1 is 1.60 bits per heavy atom. The first-order chi connectivity index (χ1) is 4.75. The van der Waals surface area contributed by atoms with Crippen molar-refractivity contribution in [2.75, 3.05) is 7.11 Å². The van der Waals surface area contributed by atoms with Gasteiger partial charge in [0, 0.05) is 0 Å². The summed E-state index contributed by atoms with van der Waals surface area (Å²) >= 11 is 1.86. The first-order valence-corrected chi connectivity index (χ1v) is 3.66. The Kier molecular flexibility index (Phi) is 2.42. The molecule has 0 aliphatic rings. The van der Waals surface area contributed by atoms with Crippen molar-refractivity contribution in [3.05, 3.63) is 21.8 Å². The number of methoxy groups -OCH3 is 1. The molecule has 0 bridgehead atoms. The third-order valence-electron chi connectivity index (χ3n) is 1.03. The predicted octanol–water partition coefficient (Wildman–Crippen LogP) is 1.83. The molecule has 0 spiro atoms. The Bertz CT molecular complexity index is 241. The van der Waals surface area contributed by atoms with Gasteiger partial charge in [-0.1, -0.05) is 0 Å². The predicted molar refractivity (Wildman–Crippen MR) is 43.5 cm³/mol. The van der Waals surface area contributed by atoms with E-state index >= 15 is 0 Å². The van der Waals surface area contributed by atoms with Gasteiger partial charge in [0.05, 0.1) is 23.1 Å². The van der Waals surface area contributed by atoms with Gasteiger partial charge >= 0.3 is 0 Å². The second kappa shape index (κ2) is 3.14. The zero-order valence-electron chi connectivity index (χ0n) is 5.27. The van der Waals surface area contributed by atoms with E-state index in [9.17, 15) is 4.39 Å². The maximum atomic E-state index is 12.6. The van der Waals surface area contributed by atoms with Crippen LogP contribution < -0.4 is 4.74 Å². The van der Waals surface area contributed by atoms with Crippen molar-refractivity contribution >= 4 is 22.6 Å². The van der Waals surface area contributed by atoms with Crippen LogP contribution in [0, 0.1) is 9.39 Å². The minimum absolute atomic E-state index is 0.347. The van der Waals surface area contributed by atoms with Gasteiger partial charge in [0.15, 0.2) is 11.6 Å². The number of nitrogens with zero attached hydrogens (tertiary/aromatic N) is 1. The molecule has 0 saturated carbocycles. The number of aromatic nitrogens is 1. The Balaban J connectivity index is 3.14. The van der Waals surface area contributed by atoms with Crippen LogP contribution in [0.2, 0.25) is 0 Å². The molecule has 0 atom stereocenters. The van der Waals surface area contributed by atoms with Gasteiger partial charge in [-0.15, -0.1) is 0 Å². The minimum atomic E-state index is -0.347. The Morgan fingerprint density at radius 3 is 2.80 bits per heavy atom. The fourth-order valence-corrected chi connectivity index (χ4v) is 1.04. The average molecular weight is 253 g/mol. The SMILES string of the molecule is COc1cncc(F)c1I. The molecule has 0 N–H and O–H groups in total. The van der Waals surface area contributed by atoms with Crippen LogP contribution in [0.3, 0.4) is 0 Å². The molecule has 0 radical (unpaired) electrons. The van der Waals surface area contributed by atoms with Gasteiger partial charge in [0.2, 0.25) is 0 Å². The second-order valence-electron chi connectivity index (χ2n) is 1.64. The molecule has 0 amide bonds. The summed E-state index contributed by atoms with van der Waals surface area (Å²) in [5.41, 5.74) is 0. The Morgan fingerprint density at radius 2 is 2.30 bits per heavy atom. The summed E-state index contributed by atoms with van der Waals surface area (Å²) in [4.78, 5) is 3.61. The Hall–Kier alpha value is -0.390. The molecule has 1 aromatic heterocycles. The van der Waals surface area contributed by atoms with Crippen LogP contribution in [-0.4, -0.2) is 12.1 Å². The molecule has 54 valence electrons. The monoisotopic (exact) mass is 253 g/mol. The highest BCUT2D eigenvalue weighted by atomic mass is 127. The number of ether oxygens (including phenoxy) is 1. The van der Waals surface area contributed by atoms with E-state index in [1.54, 1.807) is 0 Å². The van der Waals surface area contributed by atoms with Gasteiger partial charge in [0.1, 0.15) is 0 Å². The standard InChI is InChI=1S/C6H5FINO/c1-10-5-3-9-2-4(7)6(5)8/h2-3H,1H3. The van der Waals surface area contributed by atoms with Gasteiger partial charge in [0.25, 0.3) is 0 Å². The second-order valence-corrected chi connectivity index (χ2v) is 2.72. The maximum Gasteiger partial charge on any atom is 0.158 e. The van der Waals surface area contributed by atoms with Crippen molar-refractivity contribution in [1.29, 1.82) is 0 Å². The lowest BCUT2D eigenvalue weighted by Crippen LogP contribution is -1.91. The van der Waals surface area contributed by atoms with Crippen molar-refractivity contribution < 1.29 is 9.13 Å². The molecular formula is C6H5FINO. The van der Waals surface area contributed by atoms with Crippen molar-refractivity contribution in [3.8, 4) is 5.75 Å². The number of hydrogen-bond acceptors (Lipinski definition) is 2. The summed E-state index contributed by atoms with van der Waals surface area (Å²) in [6.45, 7) is 0. The van der Waals surface area contributed by atoms with Crippen LogP contribution in [0.5, 0.6) is 5.75 Å². The highest BCUT2D eigenvalue weighted by Gasteiger charge is 2.04. The van der Waals surface area contributed by atoms with E-state index < -0.39 is 0 Å². The molecule has 0 aromatic carbocycles. The topological polar surface area (TPSA) is 22.1 Å². The molecule has 0 fully saturated rings. The largest absolute Gasteiger partial charge is 0.494 e. The van der Waals surface area contributed by atoms with Gasteiger partial charge in [-0.2, -0.15) is 0 Å². The van der Waals surface area contributed by atoms with Gasteiger partial charge in [-0.05, 0) is 22.6 Å². The van der Waals surface area contributed by atoms with E-state index in [1.165, 1.54) is 13.3 Å². The van der Waals surface area contributed by atoms with E-state index in [2.05, 4.69) is 4.98 Å². The third kappa shape index (κ3) is 1.36. The van der Waals surface area contributed by atoms with Crippen LogP contribution in [0.15, 0.2) is 12.4 Å². The first kappa shape index (κ1) is 7.71. The summed E-state index contributed by atoms with van der Waals surface area (Å²) in [7, 11) is 1.48. The van der Waals surface area contributed by atoms with Crippen molar-refractivity contribution in [3.63, 3.8) is 0 Å². The lowest BCUT2D eigenvalue weighted by Gasteiger charge is -2.00. The average Bonchev–Trinajstić information content (AvgIpc) is 1.95. The quantitative estimate of drug-likeness (QED) is 0.712. The smallest absolute Gasteiger partial charge is 0.158 e. The summed E-state index contributed by atoms with van der Waals surface area (Å²) in [5.74, 6) is 0.126. The van der Waals surface area contributed by atoms with Crippen molar-refractivity contribution in [2.45, 2.75) is 0 Å². The van der Waals surface area contributed by atoms with Gasteiger partial charge in [-0.3, -0.25) is 4.98 Å². The summed E-state index contributed by atoms with van der Waals surface area (Å²) in [6.07, 6.45) is 2.63. The van der Waals surface area contributed by atoms with Crippen LogP contribution in [-0.2, 0) is 0 Å². The molecule has 1 rings (SSSR count). The minimum Gasteiger partial charge on any atom is -0.494 e. The number of hydrogen-bond donors (Lipinski definition) is 0. The summed E-state index contributed by atoms with van der Waals surface area (Å²) in [5, 5.41) is 0. The van der Waals surface area contributed by atoms with E-state index in [4.69, 9.17) is 4.74 Å². The zero-order valence-corrected chi connectivity index (χ0v) is 7.42. The Labute approximate surface area is 71.6 Å². The van der Waals surface area contributed by atoms with Crippen LogP contribution >= 0.6 is 22.6 Å². The highest BCUT2D eigenvalue weighted by molar-refractivity contribution is 14.1.